The maximum absolute atomic E-state index is 12.2. The van der Waals surface area contributed by atoms with Crippen LogP contribution in [0.1, 0.15) is 127 Å². The van der Waals surface area contributed by atoms with Crippen molar-refractivity contribution >= 4 is 5.91 Å². The molecule has 0 aromatic heterocycles. The summed E-state index contributed by atoms with van der Waals surface area (Å²) in [6.45, 7) is 5.35. The first-order valence-electron chi connectivity index (χ1n) is 12.9. The second kappa shape index (κ2) is 19.0. The highest BCUT2D eigenvalue weighted by atomic mass is 16.5. The number of ether oxygens (including phenoxy) is 1. The summed E-state index contributed by atoms with van der Waals surface area (Å²) in [5.41, 5.74) is 0.306. The molecular weight excluding hydrogens is 386 g/mol. The van der Waals surface area contributed by atoms with Crippen molar-refractivity contribution < 1.29 is 14.6 Å². The highest BCUT2D eigenvalue weighted by Gasteiger charge is 2.11. The Hall–Kier alpha value is -1.71. The molecule has 0 aliphatic rings. The molecule has 0 saturated heterocycles. The minimum Gasteiger partial charge on any atom is -0.507 e. The first kappa shape index (κ1) is 27.3. The molecule has 1 aromatic carbocycles. The molecule has 0 aliphatic heterocycles. The molecule has 0 atom stereocenters. The Morgan fingerprint density at radius 2 is 1.26 bits per heavy atom. The lowest BCUT2D eigenvalue weighted by Crippen LogP contribution is -2.24. The molecule has 0 saturated carbocycles. The summed E-state index contributed by atoms with van der Waals surface area (Å²) in [4.78, 5) is 12.2. The van der Waals surface area contributed by atoms with Gasteiger partial charge in [-0.05, 0) is 25.5 Å². The number of nitrogens with one attached hydrogen (secondary N) is 1. The normalized spacial score (nSPS) is 10.9. The largest absolute Gasteiger partial charge is 0.507 e. The minimum absolute atomic E-state index is 0.0320. The fourth-order valence-corrected chi connectivity index (χ4v) is 3.93. The third-order valence-corrected chi connectivity index (χ3v) is 5.84. The Morgan fingerprint density at radius 1 is 0.774 bits per heavy atom. The Labute approximate surface area is 191 Å². The molecular formula is C27H47NO3. The van der Waals surface area contributed by atoms with Crippen LogP contribution in [0.5, 0.6) is 11.5 Å². The molecule has 0 fully saturated rings. The summed E-state index contributed by atoms with van der Waals surface area (Å²) >= 11 is 0. The lowest BCUT2D eigenvalue weighted by atomic mass is 10.0. The summed E-state index contributed by atoms with van der Waals surface area (Å²) in [5.74, 6) is 0.325. The summed E-state index contributed by atoms with van der Waals surface area (Å²) in [7, 11) is 0. The number of unbranched alkanes of at least 4 members (excludes halogenated alkanes) is 15. The Balaban J connectivity index is 1.90. The molecule has 0 aliphatic carbocycles. The minimum atomic E-state index is -0.221. The third kappa shape index (κ3) is 14.1. The SMILES string of the molecule is CCCCCCCCCCCCCCCCCCNC(=O)c1ccc(OCC)cc1O. The van der Waals surface area contributed by atoms with Gasteiger partial charge >= 0.3 is 0 Å². The van der Waals surface area contributed by atoms with E-state index >= 15 is 0 Å². The van der Waals surface area contributed by atoms with Crippen molar-refractivity contribution in [3.63, 3.8) is 0 Å². The van der Waals surface area contributed by atoms with E-state index in [0.29, 0.717) is 24.5 Å². The van der Waals surface area contributed by atoms with Gasteiger partial charge in [0, 0.05) is 12.6 Å². The monoisotopic (exact) mass is 433 g/mol. The van der Waals surface area contributed by atoms with Gasteiger partial charge in [-0.25, -0.2) is 0 Å². The molecule has 0 spiro atoms. The highest BCUT2D eigenvalue weighted by molar-refractivity contribution is 5.96. The number of aromatic hydroxyl groups is 1. The highest BCUT2D eigenvalue weighted by Crippen LogP contribution is 2.23. The molecule has 0 heterocycles. The molecule has 4 heteroatoms. The zero-order valence-corrected chi connectivity index (χ0v) is 20.2. The van der Waals surface area contributed by atoms with Crippen molar-refractivity contribution in [3.8, 4) is 11.5 Å². The maximum Gasteiger partial charge on any atom is 0.255 e. The van der Waals surface area contributed by atoms with Crippen LogP contribution in [0, 0.1) is 0 Å². The zero-order chi connectivity index (χ0) is 22.6. The van der Waals surface area contributed by atoms with Crippen molar-refractivity contribution in [2.45, 2.75) is 117 Å². The number of benzene rings is 1. The van der Waals surface area contributed by atoms with Gasteiger partial charge < -0.3 is 15.2 Å². The van der Waals surface area contributed by atoms with Gasteiger partial charge in [0.2, 0.25) is 0 Å². The van der Waals surface area contributed by atoms with Gasteiger partial charge in [0.05, 0.1) is 12.2 Å². The molecule has 0 unspecified atom stereocenters. The Kier molecular flexibility index (Phi) is 16.8. The van der Waals surface area contributed by atoms with Crippen molar-refractivity contribution in [1.82, 2.24) is 5.32 Å². The van der Waals surface area contributed by atoms with E-state index < -0.39 is 0 Å². The smallest absolute Gasteiger partial charge is 0.255 e. The first-order valence-corrected chi connectivity index (χ1v) is 12.9. The van der Waals surface area contributed by atoms with Gasteiger partial charge in [-0.1, -0.05) is 103 Å². The lowest BCUT2D eigenvalue weighted by Gasteiger charge is -2.09. The maximum atomic E-state index is 12.2. The van der Waals surface area contributed by atoms with E-state index in [1.54, 1.807) is 12.1 Å². The van der Waals surface area contributed by atoms with Crippen LogP contribution in [0.15, 0.2) is 18.2 Å². The molecule has 0 radical (unpaired) electrons. The van der Waals surface area contributed by atoms with Gasteiger partial charge in [0.25, 0.3) is 5.91 Å². The number of carbonyl (C=O) groups is 1. The molecule has 178 valence electrons. The van der Waals surface area contributed by atoms with E-state index in [2.05, 4.69) is 12.2 Å². The molecule has 1 amide bonds. The summed E-state index contributed by atoms with van der Waals surface area (Å²) < 4.78 is 5.33. The third-order valence-electron chi connectivity index (χ3n) is 5.84. The number of carbonyl (C=O) groups excluding carboxylic acids is 1. The van der Waals surface area contributed by atoms with Crippen LogP contribution < -0.4 is 10.1 Å². The number of phenols is 1. The standard InChI is InChI=1S/C27H47NO3/c1-3-5-6-7-8-9-10-11-12-13-14-15-16-17-18-19-22-28-27(30)25-21-20-24(31-4-2)23-26(25)29/h20-21,23,29H,3-19,22H2,1-2H3,(H,28,30). The summed E-state index contributed by atoms with van der Waals surface area (Å²) in [5, 5.41) is 12.9. The van der Waals surface area contributed by atoms with E-state index in [9.17, 15) is 9.90 Å². The fraction of sp³-hybridized carbons (Fsp3) is 0.741. The van der Waals surface area contributed by atoms with E-state index in [4.69, 9.17) is 4.74 Å². The van der Waals surface area contributed by atoms with Crippen molar-refractivity contribution in [2.75, 3.05) is 13.2 Å². The average Bonchev–Trinajstić information content (AvgIpc) is 2.76. The van der Waals surface area contributed by atoms with Crippen LogP contribution in [-0.2, 0) is 0 Å². The van der Waals surface area contributed by atoms with Gasteiger partial charge in [0.15, 0.2) is 0 Å². The Morgan fingerprint density at radius 3 is 1.71 bits per heavy atom. The summed E-state index contributed by atoms with van der Waals surface area (Å²) in [6.07, 6.45) is 21.5. The quantitative estimate of drug-likeness (QED) is 0.206. The number of hydrogen-bond donors (Lipinski definition) is 2. The van der Waals surface area contributed by atoms with E-state index in [1.807, 2.05) is 6.92 Å². The Bertz CT molecular complexity index is 574. The van der Waals surface area contributed by atoms with Crippen molar-refractivity contribution in [3.05, 3.63) is 23.8 Å². The molecule has 1 aromatic rings. The first-order chi connectivity index (χ1) is 15.2. The van der Waals surface area contributed by atoms with Gasteiger partial charge in [-0.15, -0.1) is 0 Å². The molecule has 1 rings (SSSR count). The van der Waals surface area contributed by atoms with Gasteiger partial charge in [-0.2, -0.15) is 0 Å². The lowest BCUT2D eigenvalue weighted by molar-refractivity contribution is 0.0950. The van der Waals surface area contributed by atoms with Crippen molar-refractivity contribution in [2.24, 2.45) is 0 Å². The predicted molar refractivity (Wildman–Crippen MR) is 131 cm³/mol. The predicted octanol–water partition coefficient (Wildman–Crippen LogP) is 7.78. The topological polar surface area (TPSA) is 58.6 Å². The molecule has 31 heavy (non-hydrogen) atoms. The van der Waals surface area contributed by atoms with Gasteiger partial charge in [0.1, 0.15) is 11.5 Å². The molecule has 4 nitrogen and oxygen atoms in total. The number of phenolic OH excluding ortho intramolecular Hbond substituents is 1. The van der Waals surface area contributed by atoms with Crippen LogP contribution in [0.4, 0.5) is 0 Å². The van der Waals surface area contributed by atoms with Crippen LogP contribution in [0.25, 0.3) is 0 Å². The molecule has 0 bridgehead atoms. The van der Waals surface area contributed by atoms with E-state index in [-0.39, 0.29) is 11.7 Å². The zero-order valence-electron chi connectivity index (χ0n) is 20.2. The van der Waals surface area contributed by atoms with E-state index in [0.717, 1.165) is 12.8 Å². The average molecular weight is 434 g/mol. The molecule has 2 N–H and O–H groups in total. The number of amides is 1. The van der Waals surface area contributed by atoms with Crippen LogP contribution in [-0.4, -0.2) is 24.2 Å². The van der Waals surface area contributed by atoms with Crippen LogP contribution in [0.2, 0.25) is 0 Å². The van der Waals surface area contributed by atoms with Crippen molar-refractivity contribution in [1.29, 1.82) is 0 Å². The fourth-order valence-electron chi connectivity index (χ4n) is 3.93. The number of hydrogen-bond acceptors (Lipinski definition) is 3. The van der Waals surface area contributed by atoms with Crippen LogP contribution in [0.3, 0.4) is 0 Å². The second-order valence-corrected chi connectivity index (χ2v) is 8.67. The van der Waals surface area contributed by atoms with Gasteiger partial charge in [-0.3, -0.25) is 4.79 Å². The second-order valence-electron chi connectivity index (χ2n) is 8.67. The number of rotatable bonds is 20. The van der Waals surface area contributed by atoms with E-state index in [1.165, 1.54) is 96.0 Å². The van der Waals surface area contributed by atoms with Crippen LogP contribution >= 0.6 is 0 Å². The summed E-state index contributed by atoms with van der Waals surface area (Å²) in [6, 6.07) is 4.82.